The van der Waals surface area contributed by atoms with E-state index in [1.165, 1.54) is 96.3 Å². The molecule has 1 saturated heterocycles. The highest BCUT2D eigenvalue weighted by molar-refractivity contribution is 5.74. The molecule has 0 aromatic rings. The van der Waals surface area contributed by atoms with Gasteiger partial charge in [0.2, 0.25) is 0 Å². The Kier molecular flexibility index (Phi) is 55.9. The normalized spacial score (nSPS) is 18.0. The maximum Gasteiger partial charge on any atom is 0.335 e. The molecule has 85 heavy (non-hydrogen) atoms. The first-order chi connectivity index (χ1) is 41.6. The van der Waals surface area contributed by atoms with Crippen LogP contribution in [0.1, 0.15) is 303 Å². The van der Waals surface area contributed by atoms with Crippen LogP contribution in [0.15, 0.2) is 85.1 Å². The van der Waals surface area contributed by atoms with Crippen molar-refractivity contribution in [3.63, 3.8) is 0 Å². The Morgan fingerprint density at radius 2 is 0.706 bits per heavy atom. The van der Waals surface area contributed by atoms with Gasteiger partial charge in [-0.15, -0.1) is 0 Å². The van der Waals surface area contributed by atoms with Crippen LogP contribution >= 0.6 is 0 Å². The van der Waals surface area contributed by atoms with Crippen molar-refractivity contribution in [2.45, 2.75) is 340 Å². The van der Waals surface area contributed by atoms with Crippen molar-refractivity contribution in [1.29, 1.82) is 0 Å². The molecule has 12 nitrogen and oxygen atoms in total. The Hall–Kier alpha value is -4.10. The van der Waals surface area contributed by atoms with Crippen molar-refractivity contribution >= 4 is 23.9 Å². The van der Waals surface area contributed by atoms with Crippen LogP contribution in [0.25, 0.3) is 0 Å². The SMILES string of the molecule is CCCCC/C=C\C/C=C\C/C=C\CCCCCCCCC(=O)OCC(COC1OC(C(=O)O)C(O)C(O)C1OC(=O)CCCCCCCCC/C=C\C/C=C\CCCCC)OC(=O)CCCCCCCCCCC/C=C\C/C=C\CCCCC. The second-order valence-corrected chi connectivity index (χ2v) is 23.5. The fraction of sp³-hybridized carbons (Fsp3) is 0.753. The molecule has 1 aliphatic rings. The molecule has 1 rings (SSSR count). The van der Waals surface area contributed by atoms with Crippen molar-refractivity contribution in [2.24, 2.45) is 0 Å². The average molecular weight is 1190 g/mol. The minimum atomic E-state index is -1.91. The first-order valence-electron chi connectivity index (χ1n) is 34.6. The van der Waals surface area contributed by atoms with Gasteiger partial charge in [-0.1, -0.05) is 247 Å². The molecule has 0 aromatic heterocycles. The van der Waals surface area contributed by atoms with Gasteiger partial charge in [-0.25, -0.2) is 4.79 Å². The van der Waals surface area contributed by atoms with Crippen LogP contribution in [0.2, 0.25) is 0 Å². The van der Waals surface area contributed by atoms with Gasteiger partial charge < -0.3 is 39.0 Å². The summed E-state index contributed by atoms with van der Waals surface area (Å²) in [6, 6.07) is 0. The van der Waals surface area contributed by atoms with E-state index >= 15 is 0 Å². The zero-order valence-corrected chi connectivity index (χ0v) is 54.1. The molecule has 0 saturated carbocycles. The summed E-state index contributed by atoms with van der Waals surface area (Å²) in [5.41, 5.74) is 0. The summed E-state index contributed by atoms with van der Waals surface area (Å²) in [6.45, 7) is 5.94. The lowest BCUT2D eigenvalue weighted by molar-refractivity contribution is -0.301. The smallest absolute Gasteiger partial charge is 0.335 e. The van der Waals surface area contributed by atoms with E-state index in [0.29, 0.717) is 19.3 Å². The number of hydrogen-bond acceptors (Lipinski definition) is 11. The van der Waals surface area contributed by atoms with E-state index in [0.717, 1.165) is 148 Å². The van der Waals surface area contributed by atoms with E-state index in [9.17, 15) is 34.5 Å². The molecule has 0 amide bonds. The van der Waals surface area contributed by atoms with E-state index in [1.807, 2.05) is 0 Å². The van der Waals surface area contributed by atoms with Crippen LogP contribution in [0.3, 0.4) is 0 Å². The highest BCUT2D eigenvalue weighted by Crippen LogP contribution is 2.27. The van der Waals surface area contributed by atoms with Crippen LogP contribution in [0.5, 0.6) is 0 Å². The van der Waals surface area contributed by atoms with Gasteiger partial charge in [-0.05, 0) is 122 Å². The van der Waals surface area contributed by atoms with Gasteiger partial charge in [0, 0.05) is 19.3 Å². The first-order valence-corrected chi connectivity index (χ1v) is 34.6. The molecule has 1 heterocycles. The van der Waals surface area contributed by atoms with E-state index < -0.39 is 67.3 Å². The number of carboxylic acid groups (broad SMARTS) is 1. The van der Waals surface area contributed by atoms with Gasteiger partial charge >= 0.3 is 23.9 Å². The Morgan fingerprint density at radius 1 is 0.388 bits per heavy atom. The third-order valence-electron chi connectivity index (χ3n) is 15.4. The number of aliphatic hydroxyl groups excluding tert-OH is 2. The van der Waals surface area contributed by atoms with E-state index in [1.54, 1.807) is 0 Å². The zero-order chi connectivity index (χ0) is 61.7. The summed E-state index contributed by atoms with van der Waals surface area (Å²) >= 11 is 0. The summed E-state index contributed by atoms with van der Waals surface area (Å²) in [5.74, 6) is -3.14. The van der Waals surface area contributed by atoms with Gasteiger partial charge in [-0.2, -0.15) is 0 Å². The van der Waals surface area contributed by atoms with Crippen molar-refractivity contribution in [3.8, 4) is 0 Å². The summed E-state index contributed by atoms with van der Waals surface area (Å²) in [4.78, 5) is 51.5. The molecule has 0 radical (unpaired) electrons. The molecular formula is C73H124O12. The molecule has 0 aromatic carbocycles. The second-order valence-electron chi connectivity index (χ2n) is 23.5. The number of carbonyl (C=O) groups is 4. The third kappa shape index (κ3) is 49.6. The van der Waals surface area contributed by atoms with Gasteiger partial charge in [0.05, 0.1) is 6.61 Å². The molecule has 0 spiro atoms. The fourth-order valence-corrected chi connectivity index (χ4v) is 10.1. The predicted octanol–water partition coefficient (Wildman–Crippen LogP) is 19.0. The van der Waals surface area contributed by atoms with E-state index in [2.05, 4.69) is 106 Å². The molecule has 0 aliphatic carbocycles. The van der Waals surface area contributed by atoms with Crippen molar-refractivity contribution in [3.05, 3.63) is 85.1 Å². The molecule has 6 unspecified atom stereocenters. The molecular weight excluding hydrogens is 1070 g/mol. The Labute approximate surface area is 518 Å². The largest absolute Gasteiger partial charge is 0.479 e. The number of aliphatic hydroxyl groups is 2. The van der Waals surface area contributed by atoms with Gasteiger partial charge in [0.1, 0.15) is 18.8 Å². The Bertz CT molecular complexity index is 1800. The summed E-state index contributed by atoms with van der Waals surface area (Å²) < 4.78 is 28.6. The topological polar surface area (TPSA) is 175 Å². The lowest BCUT2D eigenvalue weighted by Crippen LogP contribution is -2.61. The number of aliphatic carboxylic acids is 1. The minimum absolute atomic E-state index is 0.0478. The zero-order valence-electron chi connectivity index (χ0n) is 54.1. The molecule has 1 aliphatic heterocycles. The molecule has 1 fully saturated rings. The maximum atomic E-state index is 13.2. The molecule has 3 N–H and O–H groups in total. The number of carbonyl (C=O) groups excluding carboxylic acids is 3. The number of hydrogen-bond donors (Lipinski definition) is 3. The fourth-order valence-electron chi connectivity index (χ4n) is 10.1. The van der Waals surface area contributed by atoms with Crippen LogP contribution < -0.4 is 0 Å². The number of carboxylic acids is 1. The standard InChI is InChI=1S/C73H124O12/c1-4-7-10-13-16-19-22-25-28-31-33-36-38-41-44-47-50-53-56-59-65(74)81-62-64(83-66(75)60-57-54-51-48-45-42-40-37-34-32-29-26-23-20-17-14-11-8-5-2)63-82-73-71(69(78)68(77)70(85-73)72(79)80)84-67(76)61-58-55-52-49-46-43-39-35-30-27-24-21-18-15-12-9-6-3/h16-21,25-30,33,36,64,68-71,73,77-78H,4-15,22-24,31-32,34-35,37-63H2,1-3H3,(H,79,80)/b19-16-,20-17-,21-18-,28-25-,29-26-,30-27-,36-33-. The summed E-state index contributed by atoms with van der Waals surface area (Å²) in [6.07, 6.45) is 66.6. The van der Waals surface area contributed by atoms with Gasteiger partial charge in [0.25, 0.3) is 0 Å². The number of ether oxygens (including phenoxy) is 5. The predicted molar refractivity (Wildman–Crippen MR) is 349 cm³/mol. The minimum Gasteiger partial charge on any atom is -0.479 e. The van der Waals surface area contributed by atoms with E-state index in [4.69, 9.17) is 23.7 Å². The number of unbranched alkanes of at least 4 members (excludes halogenated alkanes) is 31. The molecule has 488 valence electrons. The van der Waals surface area contributed by atoms with Crippen molar-refractivity contribution < 1.29 is 58.2 Å². The number of allylic oxidation sites excluding steroid dienone is 14. The molecule has 0 bridgehead atoms. The lowest BCUT2D eigenvalue weighted by atomic mass is 9.98. The van der Waals surface area contributed by atoms with Gasteiger partial charge in [0.15, 0.2) is 24.6 Å². The summed E-state index contributed by atoms with van der Waals surface area (Å²) in [5, 5.41) is 31.7. The first kappa shape index (κ1) is 78.9. The molecule has 6 atom stereocenters. The average Bonchev–Trinajstić information content (AvgIpc) is 3.46. The van der Waals surface area contributed by atoms with Crippen LogP contribution in [0.4, 0.5) is 0 Å². The number of esters is 3. The van der Waals surface area contributed by atoms with Crippen LogP contribution in [-0.4, -0.2) is 89.2 Å². The highest BCUT2D eigenvalue weighted by Gasteiger charge is 2.50. The second kappa shape index (κ2) is 60.2. The Morgan fingerprint density at radius 3 is 1.07 bits per heavy atom. The molecule has 12 heteroatoms. The van der Waals surface area contributed by atoms with Crippen LogP contribution in [-0.2, 0) is 42.9 Å². The Balaban J connectivity index is 2.66. The highest BCUT2D eigenvalue weighted by atomic mass is 16.7. The van der Waals surface area contributed by atoms with Crippen LogP contribution in [0, 0.1) is 0 Å². The quantitative estimate of drug-likeness (QED) is 0.0228. The third-order valence-corrected chi connectivity index (χ3v) is 15.4. The van der Waals surface area contributed by atoms with Crippen molar-refractivity contribution in [2.75, 3.05) is 13.2 Å². The van der Waals surface area contributed by atoms with Gasteiger partial charge in [-0.3, -0.25) is 14.4 Å². The number of rotatable bonds is 59. The van der Waals surface area contributed by atoms with E-state index in [-0.39, 0.29) is 25.9 Å². The summed E-state index contributed by atoms with van der Waals surface area (Å²) in [7, 11) is 0. The van der Waals surface area contributed by atoms with Crippen molar-refractivity contribution in [1.82, 2.24) is 0 Å². The maximum absolute atomic E-state index is 13.2. The monoisotopic (exact) mass is 1190 g/mol. The lowest BCUT2D eigenvalue weighted by Gasteiger charge is -2.40.